The first-order chi connectivity index (χ1) is 11.6. The van der Waals surface area contributed by atoms with E-state index in [0.29, 0.717) is 29.0 Å². The molecule has 1 saturated heterocycles. The minimum Gasteiger partial charge on any atom is -0.462 e. The van der Waals surface area contributed by atoms with Crippen LogP contribution in [0.2, 0.25) is 10.0 Å². The van der Waals surface area contributed by atoms with Crippen LogP contribution in [0.3, 0.4) is 0 Å². The highest BCUT2D eigenvalue weighted by Gasteiger charge is 2.44. The summed E-state index contributed by atoms with van der Waals surface area (Å²) in [6, 6.07) is 3.48. The Morgan fingerprint density at radius 3 is 3.00 bits per heavy atom. The van der Waals surface area contributed by atoms with Crippen molar-refractivity contribution in [3.8, 4) is 0 Å². The van der Waals surface area contributed by atoms with Crippen molar-refractivity contribution in [1.29, 1.82) is 0 Å². The third kappa shape index (κ3) is 2.69. The third-order valence-electron chi connectivity index (χ3n) is 4.05. The first-order valence-corrected chi connectivity index (χ1v) is 8.34. The molecular weight excluding hydrogens is 353 g/mol. The van der Waals surface area contributed by atoms with Gasteiger partial charge in [0.2, 0.25) is 5.79 Å². The smallest absolute Gasteiger partial charge is 0.249 e. The molecule has 24 heavy (non-hydrogen) atoms. The molecule has 0 bridgehead atoms. The quantitative estimate of drug-likeness (QED) is 0.699. The second-order valence-electron chi connectivity index (χ2n) is 5.83. The summed E-state index contributed by atoms with van der Waals surface area (Å²) in [4.78, 5) is 3.98. The second-order valence-corrected chi connectivity index (χ2v) is 6.67. The van der Waals surface area contributed by atoms with Crippen LogP contribution in [0.1, 0.15) is 19.1 Å². The SMILES string of the molecule is CC1CCOC(Cn2cncn2)(c2occ3cc(Cl)cc(Cl)c23)O1. The van der Waals surface area contributed by atoms with Crippen molar-refractivity contribution in [3.63, 3.8) is 0 Å². The van der Waals surface area contributed by atoms with Gasteiger partial charge in [0.15, 0.2) is 5.76 Å². The molecule has 0 amide bonds. The van der Waals surface area contributed by atoms with E-state index in [9.17, 15) is 0 Å². The Morgan fingerprint density at radius 1 is 1.38 bits per heavy atom. The Labute approximate surface area is 148 Å². The minimum absolute atomic E-state index is 0.00787. The number of rotatable bonds is 3. The molecule has 0 spiro atoms. The largest absolute Gasteiger partial charge is 0.462 e. The predicted molar refractivity (Wildman–Crippen MR) is 89.1 cm³/mol. The van der Waals surface area contributed by atoms with Gasteiger partial charge >= 0.3 is 0 Å². The highest BCUT2D eigenvalue weighted by molar-refractivity contribution is 6.38. The molecule has 3 heterocycles. The maximum atomic E-state index is 6.42. The predicted octanol–water partition coefficient (Wildman–Crippen LogP) is 4.01. The van der Waals surface area contributed by atoms with E-state index in [1.165, 1.54) is 6.33 Å². The van der Waals surface area contributed by atoms with E-state index < -0.39 is 5.79 Å². The summed E-state index contributed by atoms with van der Waals surface area (Å²) in [6.07, 6.45) is 5.49. The number of aromatic nitrogens is 3. The van der Waals surface area contributed by atoms with Crippen molar-refractivity contribution in [2.24, 2.45) is 0 Å². The number of ether oxygens (including phenoxy) is 2. The molecule has 2 atom stereocenters. The van der Waals surface area contributed by atoms with Gasteiger partial charge in [-0.3, -0.25) is 0 Å². The van der Waals surface area contributed by atoms with E-state index in [4.69, 9.17) is 37.1 Å². The molecular formula is C16H15Cl2N3O3. The number of nitrogens with zero attached hydrogens (tertiary/aromatic N) is 3. The second kappa shape index (κ2) is 6.04. The van der Waals surface area contributed by atoms with Crippen LogP contribution in [0.4, 0.5) is 0 Å². The lowest BCUT2D eigenvalue weighted by molar-refractivity contribution is -0.313. The molecule has 2 unspecified atom stereocenters. The zero-order valence-corrected chi connectivity index (χ0v) is 14.4. The molecule has 1 fully saturated rings. The van der Waals surface area contributed by atoms with Gasteiger partial charge in [0, 0.05) is 15.8 Å². The van der Waals surface area contributed by atoms with Gasteiger partial charge in [0.05, 0.1) is 24.0 Å². The van der Waals surface area contributed by atoms with Crippen LogP contribution in [0.5, 0.6) is 0 Å². The molecule has 2 aromatic heterocycles. The average Bonchev–Trinajstić information content (AvgIpc) is 3.16. The molecule has 1 aliphatic rings. The summed E-state index contributed by atoms with van der Waals surface area (Å²) >= 11 is 12.5. The molecule has 0 aliphatic carbocycles. The average molecular weight is 368 g/mol. The van der Waals surface area contributed by atoms with Gasteiger partial charge < -0.3 is 13.9 Å². The number of halogens is 2. The molecule has 8 heteroatoms. The zero-order chi connectivity index (χ0) is 16.7. The number of benzene rings is 1. The molecule has 0 N–H and O–H groups in total. The lowest BCUT2D eigenvalue weighted by Crippen LogP contribution is -2.44. The highest BCUT2D eigenvalue weighted by atomic mass is 35.5. The normalized spacial score (nSPS) is 24.5. The molecule has 0 saturated carbocycles. The molecule has 126 valence electrons. The molecule has 6 nitrogen and oxygen atoms in total. The molecule has 1 aliphatic heterocycles. The van der Waals surface area contributed by atoms with Gasteiger partial charge in [0.25, 0.3) is 0 Å². The van der Waals surface area contributed by atoms with Gasteiger partial charge in [-0.1, -0.05) is 23.2 Å². The molecule has 0 radical (unpaired) electrons. The maximum absolute atomic E-state index is 6.42. The van der Waals surface area contributed by atoms with Crippen molar-refractivity contribution in [1.82, 2.24) is 14.8 Å². The van der Waals surface area contributed by atoms with Gasteiger partial charge in [-0.25, -0.2) is 9.67 Å². The van der Waals surface area contributed by atoms with Crippen LogP contribution in [0.25, 0.3) is 10.8 Å². The van der Waals surface area contributed by atoms with E-state index in [0.717, 1.165) is 17.2 Å². The first-order valence-electron chi connectivity index (χ1n) is 7.58. The number of hydrogen-bond donors (Lipinski definition) is 0. The van der Waals surface area contributed by atoms with E-state index in [1.54, 1.807) is 29.4 Å². The molecule has 3 aromatic rings. The van der Waals surface area contributed by atoms with Crippen LogP contribution < -0.4 is 0 Å². The summed E-state index contributed by atoms with van der Waals surface area (Å²) in [7, 11) is 0. The summed E-state index contributed by atoms with van der Waals surface area (Å²) in [6.45, 7) is 2.85. The highest BCUT2D eigenvalue weighted by Crippen LogP contribution is 2.42. The van der Waals surface area contributed by atoms with Gasteiger partial charge in [-0.05, 0) is 25.5 Å². The molecule has 4 rings (SSSR count). The third-order valence-corrected chi connectivity index (χ3v) is 4.57. The van der Waals surface area contributed by atoms with Crippen LogP contribution in [-0.4, -0.2) is 27.5 Å². The van der Waals surface area contributed by atoms with E-state index >= 15 is 0 Å². The Bertz CT molecular complexity index is 865. The molecule has 1 aromatic carbocycles. The van der Waals surface area contributed by atoms with Crippen molar-refractivity contribution >= 4 is 34.0 Å². The maximum Gasteiger partial charge on any atom is 0.249 e. The van der Waals surface area contributed by atoms with Gasteiger partial charge in [-0.2, -0.15) is 5.10 Å². The standard InChI is InChI=1S/C16H15Cl2N3O3/c1-10-2-3-23-16(24-10,7-21-9-19-8-20-21)15-14-11(6-22-15)4-12(17)5-13(14)18/h4-6,8-10H,2-3,7H2,1H3. The van der Waals surface area contributed by atoms with E-state index in [1.807, 2.05) is 6.92 Å². The Balaban J connectivity index is 1.87. The van der Waals surface area contributed by atoms with Crippen molar-refractivity contribution in [2.75, 3.05) is 6.61 Å². The first kappa shape index (κ1) is 15.9. The summed E-state index contributed by atoms with van der Waals surface area (Å²) in [5, 5.41) is 6.72. The van der Waals surface area contributed by atoms with Crippen molar-refractivity contribution in [2.45, 2.75) is 31.8 Å². The van der Waals surface area contributed by atoms with Crippen LogP contribution in [0, 0.1) is 0 Å². The number of hydrogen-bond acceptors (Lipinski definition) is 5. The van der Waals surface area contributed by atoms with Crippen LogP contribution in [-0.2, 0) is 21.8 Å². The fourth-order valence-electron chi connectivity index (χ4n) is 3.00. The van der Waals surface area contributed by atoms with E-state index in [-0.39, 0.29) is 6.10 Å². The van der Waals surface area contributed by atoms with Crippen molar-refractivity contribution in [3.05, 3.63) is 46.9 Å². The Kier molecular flexibility index (Phi) is 4.00. The lowest BCUT2D eigenvalue weighted by atomic mass is 10.1. The van der Waals surface area contributed by atoms with E-state index in [2.05, 4.69) is 10.1 Å². The summed E-state index contributed by atoms with van der Waals surface area (Å²) < 4.78 is 19.7. The Hall–Kier alpha value is -1.60. The topological polar surface area (TPSA) is 62.3 Å². The van der Waals surface area contributed by atoms with Crippen molar-refractivity contribution < 1.29 is 13.9 Å². The Morgan fingerprint density at radius 2 is 2.25 bits per heavy atom. The van der Waals surface area contributed by atoms with Crippen LogP contribution >= 0.6 is 23.2 Å². The van der Waals surface area contributed by atoms with Crippen LogP contribution in [0.15, 0.2) is 35.5 Å². The minimum atomic E-state index is -1.12. The van der Waals surface area contributed by atoms with Gasteiger partial charge in [-0.15, -0.1) is 0 Å². The monoisotopic (exact) mass is 367 g/mol. The number of furan rings is 1. The fourth-order valence-corrected chi connectivity index (χ4v) is 3.59. The fraction of sp³-hybridized carbons (Fsp3) is 0.375. The number of fused-ring (bicyclic) bond motifs is 1. The lowest BCUT2D eigenvalue weighted by Gasteiger charge is -2.38. The summed E-state index contributed by atoms with van der Waals surface area (Å²) in [5.74, 6) is -0.605. The van der Waals surface area contributed by atoms with Gasteiger partial charge in [0.1, 0.15) is 19.2 Å². The summed E-state index contributed by atoms with van der Waals surface area (Å²) in [5.41, 5.74) is 0. The zero-order valence-electron chi connectivity index (χ0n) is 12.9.